The first kappa shape index (κ1) is 22.4. The molecule has 0 atom stereocenters. The molecule has 0 spiro atoms. The van der Waals surface area contributed by atoms with E-state index in [0.717, 1.165) is 0 Å². The van der Waals surface area contributed by atoms with Crippen LogP contribution in [0.5, 0.6) is 0 Å². The molecule has 4 nitrogen and oxygen atoms in total. The molecule has 0 fully saturated rings. The Balaban J connectivity index is -0.0000000267. The Bertz CT molecular complexity index is 62.2. The Hall–Kier alpha value is 2.34. The van der Waals surface area contributed by atoms with E-state index < -0.39 is 7.82 Å². The molecule has 0 aliphatic rings. The molecule has 8 heavy (non-hydrogen) atoms. The predicted molar refractivity (Wildman–Crippen MR) is 14.3 cm³/mol. The van der Waals surface area contributed by atoms with Gasteiger partial charge < -0.3 is 14.7 Å². The van der Waals surface area contributed by atoms with Gasteiger partial charge in [0.05, 0.1) is 0 Å². The van der Waals surface area contributed by atoms with Gasteiger partial charge in [-0.05, 0) is 0 Å². The Labute approximate surface area is 95.6 Å². The fraction of sp³-hybridized carbons (Fsp3) is 0. The van der Waals surface area contributed by atoms with Gasteiger partial charge in [-0.3, -0.25) is 0 Å². The van der Waals surface area contributed by atoms with Crippen LogP contribution in [0.15, 0.2) is 0 Å². The summed E-state index contributed by atoms with van der Waals surface area (Å²) in [5.74, 6) is 0. The van der Waals surface area contributed by atoms with Gasteiger partial charge in [-0.25, -0.2) is 4.57 Å². The maximum atomic E-state index is 8.88. The van der Waals surface area contributed by atoms with E-state index in [9.17, 15) is 0 Å². The van der Waals surface area contributed by atoms with Crippen molar-refractivity contribution in [3.63, 3.8) is 0 Å². The van der Waals surface area contributed by atoms with Gasteiger partial charge >= 0.3 is 7.82 Å². The van der Waals surface area contributed by atoms with Crippen LogP contribution in [0.25, 0.3) is 0 Å². The van der Waals surface area contributed by atoms with Crippen molar-refractivity contribution in [3.8, 4) is 0 Å². The summed E-state index contributed by atoms with van der Waals surface area (Å²) in [5.41, 5.74) is 0. The van der Waals surface area contributed by atoms with Crippen LogP contribution >= 0.6 is 7.82 Å². The third-order valence-electron chi connectivity index (χ3n) is 0. The van der Waals surface area contributed by atoms with E-state index in [1.54, 1.807) is 0 Å². The smallest absolute Gasteiger partial charge is 0.303 e. The average Bonchev–Trinajstić information content (AvgIpc) is 0.722. The minimum atomic E-state index is -4.64. The Morgan fingerprint density at radius 2 is 1.12 bits per heavy atom. The number of hydrogen-bond acceptors (Lipinski definition) is 1. The third-order valence-corrected chi connectivity index (χ3v) is 0. The van der Waals surface area contributed by atoms with Crippen molar-refractivity contribution in [1.29, 1.82) is 0 Å². The second kappa shape index (κ2) is 9.34. The van der Waals surface area contributed by atoms with E-state index in [2.05, 4.69) is 0 Å². The summed E-state index contributed by atoms with van der Waals surface area (Å²) in [5, 5.41) is 0. The molecular formula is H3FeLaMnO4P. The third kappa shape index (κ3) is 81.9. The van der Waals surface area contributed by atoms with Gasteiger partial charge in [-0.15, -0.1) is 0 Å². The molecule has 0 aliphatic heterocycles. The zero-order valence-electron chi connectivity index (χ0n) is 3.51. The average molecular weight is 348 g/mol. The molecule has 0 saturated heterocycles. The summed E-state index contributed by atoms with van der Waals surface area (Å²) < 4.78 is 8.88. The molecule has 0 bridgehead atoms. The molecular weight excluding hydrogens is 345 g/mol. The molecule has 3 N–H and O–H groups in total. The van der Waals surface area contributed by atoms with Crippen LogP contribution in [-0.2, 0) is 38.7 Å². The van der Waals surface area contributed by atoms with Crippen LogP contribution in [0.4, 0.5) is 0 Å². The predicted octanol–water partition coefficient (Wildman–Crippen LogP) is -0.934. The minimum Gasteiger partial charge on any atom is -0.303 e. The molecule has 0 aliphatic carbocycles. The SMILES string of the molecule is O=P(O)(O)O.[Fe].[La].[Mn]. The van der Waals surface area contributed by atoms with Gasteiger partial charge in [0.1, 0.15) is 0 Å². The number of hydrogen-bond donors (Lipinski definition) is 3. The normalized spacial score (nSPS) is 7.38. The van der Waals surface area contributed by atoms with Crippen molar-refractivity contribution < 1.29 is 89.0 Å². The largest absolute Gasteiger partial charge is 0.466 e. The van der Waals surface area contributed by atoms with E-state index in [1.165, 1.54) is 0 Å². The number of rotatable bonds is 0. The van der Waals surface area contributed by atoms with E-state index in [-0.39, 0.29) is 69.7 Å². The van der Waals surface area contributed by atoms with Gasteiger partial charge in [0.15, 0.2) is 0 Å². The summed E-state index contributed by atoms with van der Waals surface area (Å²) in [7, 11) is -4.64. The van der Waals surface area contributed by atoms with Crippen molar-refractivity contribution in [2.45, 2.75) is 0 Å². The zero-order chi connectivity index (χ0) is 4.50. The van der Waals surface area contributed by atoms with Crippen LogP contribution in [0, 0.1) is 35.6 Å². The van der Waals surface area contributed by atoms with Crippen molar-refractivity contribution >= 4 is 7.82 Å². The van der Waals surface area contributed by atoms with Crippen LogP contribution < -0.4 is 0 Å². The van der Waals surface area contributed by atoms with Crippen LogP contribution in [0.3, 0.4) is 0 Å². The summed E-state index contributed by atoms with van der Waals surface area (Å²) in [6, 6.07) is 0. The van der Waals surface area contributed by atoms with Gasteiger partial charge in [-0.1, -0.05) is 0 Å². The standard InChI is InChI=1S/Fe.La.Mn.H3O4P/c;;;1-5(2,3)4/h;;;(H3,1,2,3,4). The Kier molecular flexibility index (Phi) is 26.2. The Morgan fingerprint density at radius 3 is 1.12 bits per heavy atom. The monoisotopic (exact) mass is 348 g/mol. The summed E-state index contributed by atoms with van der Waals surface area (Å²) >= 11 is 0. The summed E-state index contributed by atoms with van der Waals surface area (Å²) in [6.07, 6.45) is 0. The second-order valence-electron chi connectivity index (χ2n) is 0.513. The molecule has 0 rings (SSSR count). The molecule has 0 heterocycles. The number of phosphoric acid groups is 1. The van der Waals surface area contributed by atoms with Gasteiger partial charge in [0, 0.05) is 69.7 Å². The van der Waals surface area contributed by atoms with Crippen molar-refractivity contribution in [2.24, 2.45) is 0 Å². The summed E-state index contributed by atoms with van der Waals surface area (Å²) in [4.78, 5) is 21.6. The van der Waals surface area contributed by atoms with Crippen molar-refractivity contribution in [1.82, 2.24) is 0 Å². The van der Waals surface area contributed by atoms with Crippen LogP contribution in [-0.4, -0.2) is 14.7 Å². The van der Waals surface area contributed by atoms with E-state index in [4.69, 9.17) is 19.2 Å². The van der Waals surface area contributed by atoms with E-state index in [1.807, 2.05) is 0 Å². The maximum Gasteiger partial charge on any atom is 0.466 e. The zero-order valence-corrected chi connectivity index (χ0v) is 10.3. The maximum absolute atomic E-state index is 8.88. The first-order chi connectivity index (χ1) is 2.00. The van der Waals surface area contributed by atoms with Crippen molar-refractivity contribution in [3.05, 3.63) is 0 Å². The molecule has 2 radical (unpaired) electrons. The summed E-state index contributed by atoms with van der Waals surface area (Å²) in [6.45, 7) is 0. The molecule has 0 aromatic carbocycles. The molecule has 0 amide bonds. The van der Waals surface area contributed by atoms with Crippen LogP contribution in [0.1, 0.15) is 0 Å². The first-order valence-electron chi connectivity index (χ1n) is 0.783. The van der Waals surface area contributed by atoms with E-state index >= 15 is 0 Å². The molecule has 0 saturated carbocycles. The van der Waals surface area contributed by atoms with Crippen molar-refractivity contribution in [2.75, 3.05) is 0 Å². The molecule has 8 heteroatoms. The Morgan fingerprint density at radius 1 is 1.12 bits per heavy atom. The minimum absolute atomic E-state index is 0. The van der Waals surface area contributed by atoms with Gasteiger partial charge in [0.25, 0.3) is 0 Å². The van der Waals surface area contributed by atoms with Gasteiger partial charge in [0.2, 0.25) is 0 Å². The van der Waals surface area contributed by atoms with Crippen LogP contribution in [0.2, 0.25) is 0 Å². The molecule has 0 unspecified atom stereocenters. The molecule has 0 aromatic rings. The quantitative estimate of drug-likeness (QED) is 0.391. The fourth-order valence-corrected chi connectivity index (χ4v) is 0. The second-order valence-corrected chi connectivity index (χ2v) is 1.54. The fourth-order valence-electron chi connectivity index (χ4n) is 0. The molecule has 0 aromatic heterocycles. The first-order valence-corrected chi connectivity index (χ1v) is 2.35. The van der Waals surface area contributed by atoms with E-state index in [0.29, 0.717) is 0 Å². The molecule has 50 valence electrons. The van der Waals surface area contributed by atoms with Gasteiger partial charge in [-0.2, -0.15) is 0 Å². The topological polar surface area (TPSA) is 77.8 Å².